The van der Waals surface area contributed by atoms with E-state index in [1.54, 1.807) is 0 Å². The highest BCUT2D eigenvalue weighted by Crippen LogP contribution is 1.76. The van der Waals surface area contributed by atoms with Gasteiger partial charge in [-0.15, -0.1) is 0 Å². The fourth-order valence-corrected chi connectivity index (χ4v) is 0.410. The molecule has 3 nitrogen and oxygen atoms in total. The van der Waals surface area contributed by atoms with E-state index in [1.807, 2.05) is 19.1 Å². The summed E-state index contributed by atoms with van der Waals surface area (Å²) in [5.41, 5.74) is 4.79. The second-order valence-electron chi connectivity index (χ2n) is 1.62. The van der Waals surface area contributed by atoms with E-state index in [2.05, 4.69) is 5.32 Å². The monoisotopic (exact) mass is 128 g/mol. The molecule has 0 aliphatic rings. The van der Waals surface area contributed by atoms with Crippen molar-refractivity contribution < 1.29 is 4.79 Å². The van der Waals surface area contributed by atoms with Crippen LogP contribution in [0, 0.1) is 0 Å². The molecule has 0 radical (unpaired) electrons. The Morgan fingerprint density at radius 3 is 2.78 bits per heavy atom. The maximum Gasteiger partial charge on any atom is 0.312 e. The first-order valence-electron chi connectivity index (χ1n) is 2.95. The average molecular weight is 128 g/mol. The average Bonchev–Trinajstić information content (AvgIpc) is 1.80. The third kappa shape index (κ3) is 7.01. The molecule has 0 aromatic carbocycles. The molecule has 0 aliphatic carbocycles. The number of carbonyl (C=O) groups is 1. The quantitative estimate of drug-likeness (QED) is 0.538. The van der Waals surface area contributed by atoms with Gasteiger partial charge in [-0.05, 0) is 6.42 Å². The molecule has 0 aromatic rings. The van der Waals surface area contributed by atoms with Crippen LogP contribution in [0.15, 0.2) is 12.2 Å². The predicted octanol–water partition coefficient (Wildman–Crippen LogP) is 0.621. The number of carbonyl (C=O) groups excluding carboxylic acids is 1. The molecule has 0 spiro atoms. The van der Waals surface area contributed by atoms with Gasteiger partial charge in [0.15, 0.2) is 0 Å². The number of nitrogens with two attached hydrogens (primary N) is 1. The zero-order chi connectivity index (χ0) is 7.11. The first-order chi connectivity index (χ1) is 4.27. The molecule has 2 amide bonds. The Morgan fingerprint density at radius 1 is 1.67 bits per heavy atom. The van der Waals surface area contributed by atoms with Gasteiger partial charge in [0.1, 0.15) is 0 Å². The second-order valence-corrected chi connectivity index (χ2v) is 1.62. The molecule has 0 saturated carbocycles. The highest BCUT2D eigenvalue weighted by molar-refractivity contribution is 5.71. The molecule has 0 atom stereocenters. The summed E-state index contributed by atoms with van der Waals surface area (Å²) in [7, 11) is 0. The highest BCUT2D eigenvalue weighted by Gasteiger charge is 1.82. The van der Waals surface area contributed by atoms with E-state index in [0.717, 1.165) is 6.42 Å². The lowest BCUT2D eigenvalue weighted by molar-refractivity contribution is 0.250. The third-order valence-electron chi connectivity index (χ3n) is 0.797. The number of primary amides is 1. The summed E-state index contributed by atoms with van der Waals surface area (Å²) in [6.45, 7) is 2.56. The molecular weight excluding hydrogens is 116 g/mol. The normalized spacial score (nSPS) is 9.89. The van der Waals surface area contributed by atoms with Gasteiger partial charge in [-0.3, -0.25) is 0 Å². The van der Waals surface area contributed by atoms with Gasteiger partial charge in [0.05, 0.1) is 0 Å². The number of allylic oxidation sites excluding steroid dienone is 1. The van der Waals surface area contributed by atoms with E-state index in [9.17, 15) is 4.79 Å². The summed E-state index contributed by atoms with van der Waals surface area (Å²) >= 11 is 0. The van der Waals surface area contributed by atoms with Gasteiger partial charge in [-0.1, -0.05) is 19.1 Å². The molecule has 0 saturated heterocycles. The van der Waals surface area contributed by atoms with Crippen molar-refractivity contribution in [2.75, 3.05) is 6.54 Å². The van der Waals surface area contributed by atoms with Gasteiger partial charge in [0, 0.05) is 6.54 Å². The van der Waals surface area contributed by atoms with Crippen LogP contribution in [0.3, 0.4) is 0 Å². The smallest absolute Gasteiger partial charge is 0.312 e. The Hall–Kier alpha value is -0.990. The molecule has 0 rings (SSSR count). The maximum atomic E-state index is 10.0. The van der Waals surface area contributed by atoms with E-state index < -0.39 is 6.03 Å². The Kier molecular flexibility index (Phi) is 4.59. The third-order valence-corrected chi connectivity index (χ3v) is 0.797. The first-order valence-corrected chi connectivity index (χ1v) is 2.95. The van der Waals surface area contributed by atoms with E-state index >= 15 is 0 Å². The van der Waals surface area contributed by atoms with Gasteiger partial charge < -0.3 is 11.1 Å². The molecule has 52 valence electrons. The van der Waals surface area contributed by atoms with Crippen LogP contribution in [0.25, 0.3) is 0 Å². The minimum Gasteiger partial charge on any atom is -0.352 e. The fraction of sp³-hybridized carbons (Fsp3) is 0.500. The van der Waals surface area contributed by atoms with Gasteiger partial charge in [0.25, 0.3) is 0 Å². The van der Waals surface area contributed by atoms with Crippen LogP contribution < -0.4 is 11.1 Å². The second kappa shape index (κ2) is 5.15. The van der Waals surface area contributed by atoms with Crippen LogP contribution in [0.5, 0.6) is 0 Å². The van der Waals surface area contributed by atoms with Crippen molar-refractivity contribution in [1.82, 2.24) is 5.32 Å². The standard InChI is InChI=1S/C6H12N2O/c1-2-3-4-5-8-6(7)9/h3-4H,2,5H2,1H3,(H3,7,8,9). The summed E-state index contributed by atoms with van der Waals surface area (Å²) in [5.74, 6) is 0. The molecule has 9 heavy (non-hydrogen) atoms. The van der Waals surface area contributed by atoms with E-state index in [-0.39, 0.29) is 0 Å². The minimum absolute atomic E-state index is 0.476. The zero-order valence-electron chi connectivity index (χ0n) is 5.55. The Labute approximate surface area is 54.9 Å². The Balaban J connectivity index is 3.09. The molecule has 0 fully saturated rings. The van der Waals surface area contributed by atoms with Crippen LogP contribution in [0.1, 0.15) is 13.3 Å². The SMILES string of the molecule is CCC=CCNC(N)=O. The highest BCUT2D eigenvalue weighted by atomic mass is 16.2. The lowest BCUT2D eigenvalue weighted by Crippen LogP contribution is -2.29. The van der Waals surface area contributed by atoms with Crippen LogP contribution >= 0.6 is 0 Å². The maximum absolute atomic E-state index is 10.0. The van der Waals surface area contributed by atoms with Crippen LogP contribution in [0.2, 0.25) is 0 Å². The van der Waals surface area contributed by atoms with Gasteiger partial charge >= 0.3 is 6.03 Å². The lowest BCUT2D eigenvalue weighted by atomic mass is 10.4. The zero-order valence-corrected chi connectivity index (χ0v) is 5.55. The summed E-state index contributed by atoms with van der Waals surface area (Å²) in [6.07, 6.45) is 4.82. The predicted molar refractivity (Wildman–Crippen MR) is 37.0 cm³/mol. The molecule has 0 bridgehead atoms. The molecule has 3 N–H and O–H groups in total. The summed E-state index contributed by atoms with van der Waals surface area (Å²) < 4.78 is 0. The van der Waals surface area contributed by atoms with Crippen molar-refractivity contribution in [2.24, 2.45) is 5.73 Å². The van der Waals surface area contributed by atoms with Gasteiger partial charge in [0.2, 0.25) is 0 Å². The van der Waals surface area contributed by atoms with Crippen molar-refractivity contribution in [1.29, 1.82) is 0 Å². The summed E-state index contributed by atoms with van der Waals surface area (Å²) in [6, 6.07) is -0.476. The van der Waals surface area contributed by atoms with Crippen molar-refractivity contribution >= 4 is 6.03 Å². The largest absolute Gasteiger partial charge is 0.352 e. The topological polar surface area (TPSA) is 55.1 Å². The fourth-order valence-electron chi connectivity index (χ4n) is 0.410. The van der Waals surface area contributed by atoms with Crippen molar-refractivity contribution in [2.45, 2.75) is 13.3 Å². The van der Waals surface area contributed by atoms with Gasteiger partial charge in [-0.2, -0.15) is 0 Å². The molecule has 3 heteroatoms. The van der Waals surface area contributed by atoms with Crippen LogP contribution in [0.4, 0.5) is 4.79 Å². The minimum atomic E-state index is -0.476. The van der Waals surface area contributed by atoms with Crippen molar-refractivity contribution in [3.05, 3.63) is 12.2 Å². The van der Waals surface area contributed by atoms with Gasteiger partial charge in [-0.25, -0.2) is 4.79 Å². The molecular formula is C6H12N2O. The number of nitrogens with one attached hydrogen (secondary N) is 1. The number of rotatable bonds is 3. The number of amides is 2. The first kappa shape index (κ1) is 8.01. The van der Waals surface area contributed by atoms with E-state index in [1.165, 1.54) is 0 Å². The molecule has 0 aromatic heterocycles. The number of hydrogen-bond acceptors (Lipinski definition) is 1. The van der Waals surface area contributed by atoms with E-state index in [0.29, 0.717) is 6.54 Å². The Morgan fingerprint density at radius 2 is 2.33 bits per heavy atom. The van der Waals surface area contributed by atoms with E-state index in [4.69, 9.17) is 5.73 Å². The van der Waals surface area contributed by atoms with Crippen molar-refractivity contribution in [3.63, 3.8) is 0 Å². The van der Waals surface area contributed by atoms with Crippen LogP contribution in [-0.2, 0) is 0 Å². The summed E-state index contributed by atoms with van der Waals surface area (Å²) in [4.78, 5) is 10.0. The number of hydrogen-bond donors (Lipinski definition) is 2. The van der Waals surface area contributed by atoms with Crippen LogP contribution in [-0.4, -0.2) is 12.6 Å². The molecule has 0 heterocycles. The summed E-state index contributed by atoms with van der Waals surface area (Å²) in [5, 5.41) is 2.43. The molecule has 0 aliphatic heterocycles. The Bertz CT molecular complexity index is 110. The number of urea groups is 1. The molecule has 0 unspecified atom stereocenters. The van der Waals surface area contributed by atoms with Crippen molar-refractivity contribution in [3.8, 4) is 0 Å². The lowest BCUT2D eigenvalue weighted by Gasteiger charge is -1.92.